The Labute approximate surface area is 173 Å². The fourth-order valence-electron chi connectivity index (χ4n) is 3.54. The molecule has 3 aromatic rings. The first kappa shape index (κ1) is 19.4. The van der Waals surface area contributed by atoms with Gasteiger partial charge in [0.1, 0.15) is 11.8 Å². The third kappa shape index (κ3) is 4.26. The molecule has 2 aromatic carbocycles. The van der Waals surface area contributed by atoms with Gasteiger partial charge in [-0.3, -0.25) is 4.79 Å². The number of nitrogens with one attached hydrogen (secondary N) is 1. The largest absolute Gasteiger partial charge is 0.508 e. The summed E-state index contributed by atoms with van der Waals surface area (Å²) < 4.78 is 0. The van der Waals surface area contributed by atoms with Crippen molar-refractivity contribution in [1.82, 2.24) is 10.3 Å². The van der Waals surface area contributed by atoms with Crippen LogP contribution in [-0.4, -0.2) is 39.8 Å². The molecule has 0 bridgehead atoms. The summed E-state index contributed by atoms with van der Waals surface area (Å²) in [5, 5.41) is 25.3. The standard InChI is InChI=1S/C22H23N3O3S/c1-14-4-2-3-5-16(14)11-23-21(28)20-10-18(27)12-25(20)22-24-19(13-29-22)15-6-8-17(26)9-7-15/h2-9,13,18,20,26-27H,10-12H2,1H3,(H,23,28)/t18?,20-/m0/s1. The topological polar surface area (TPSA) is 85.7 Å². The number of phenolic OH excluding ortho intramolecular Hbond substituents is 1. The quantitative estimate of drug-likeness (QED) is 0.603. The van der Waals surface area contributed by atoms with Crippen LogP contribution in [0.5, 0.6) is 5.75 Å². The summed E-state index contributed by atoms with van der Waals surface area (Å²) in [5.41, 5.74) is 3.89. The summed E-state index contributed by atoms with van der Waals surface area (Å²) in [6.45, 7) is 2.86. The van der Waals surface area contributed by atoms with E-state index in [1.54, 1.807) is 24.3 Å². The van der Waals surface area contributed by atoms with Gasteiger partial charge >= 0.3 is 0 Å². The molecule has 0 aliphatic carbocycles. The number of aromatic hydroxyl groups is 1. The molecule has 1 unspecified atom stereocenters. The number of carbonyl (C=O) groups is 1. The van der Waals surface area contributed by atoms with Crippen LogP contribution in [0.1, 0.15) is 17.5 Å². The molecule has 2 atom stereocenters. The highest BCUT2D eigenvalue weighted by molar-refractivity contribution is 7.14. The molecule has 7 heteroatoms. The van der Waals surface area contributed by atoms with Crippen molar-refractivity contribution in [3.63, 3.8) is 0 Å². The van der Waals surface area contributed by atoms with Crippen LogP contribution in [0.25, 0.3) is 11.3 Å². The van der Waals surface area contributed by atoms with Crippen LogP contribution in [0.3, 0.4) is 0 Å². The van der Waals surface area contributed by atoms with Crippen molar-refractivity contribution < 1.29 is 15.0 Å². The van der Waals surface area contributed by atoms with Crippen molar-refractivity contribution in [1.29, 1.82) is 0 Å². The number of aromatic nitrogens is 1. The molecule has 0 radical (unpaired) electrons. The number of benzene rings is 2. The minimum absolute atomic E-state index is 0.105. The molecule has 150 valence electrons. The van der Waals surface area contributed by atoms with Crippen LogP contribution >= 0.6 is 11.3 Å². The van der Waals surface area contributed by atoms with Crippen LogP contribution in [0, 0.1) is 6.92 Å². The van der Waals surface area contributed by atoms with Crippen molar-refractivity contribution >= 4 is 22.4 Å². The van der Waals surface area contributed by atoms with Crippen LogP contribution in [0.4, 0.5) is 5.13 Å². The number of amides is 1. The lowest BCUT2D eigenvalue weighted by Gasteiger charge is -2.23. The van der Waals surface area contributed by atoms with E-state index in [1.165, 1.54) is 11.3 Å². The van der Waals surface area contributed by atoms with Gasteiger partial charge in [0.2, 0.25) is 5.91 Å². The third-order valence-electron chi connectivity index (χ3n) is 5.20. The lowest BCUT2D eigenvalue weighted by Crippen LogP contribution is -2.43. The van der Waals surface area contributed by atoms with Crippen LogP contribution in [-0.2, 0) is 11.3 Å². The molecule has 6 nitrogen and oxygen atoms in total. The van der Waals surface area contributed by atoms with Crippen LogP contribution in [0.15, 0.2) is 53.9 Å². The number of aliphatic hydroxyl groups is 1. The number of β-amino-alcohol motifs (C(OH)–C–C–N with tert-alkyl or cyclic N) is 1. The Morgan fingerprint density at radius 1 is 1.24 bits per heavy atom. The molecule has 29 heavy (non-hydrogen) atoms. The summed E-state index contributed by atoms with van der Waals surface area (Å²) >= 11 is 1.45. The van der Waals surface area contributed by atoms with E-state index in [0.717, 1.165) is 22.4 Å². The van der Waals surface area contributed by atoms with E-state index in [4.69, 9.17) is 0 Å². The number of rotatable bonds is 5. The molecule has 3 N–H and O–H groups in total. The third-order valence-corrected chi connectivity index (χ3v) is 6.07. The fraction of sp³-hybridized carbons (Fsp3) is 0.273. The second-order valence-electron chi connectivity index (χ2n) is 7.26. The molecule has 1 amide bonds. The van der Waals surface area contributed by atoms with E-state index >= 15 is 0 Å². The predicted octanol–water partition coefficient (Wildman–Crippen LogP) is 3.08. The number of hydrogen-bond acceptors (Lipinski definition) is 6. The van der Waals surface area contributed by atoms with Crippen molar-refractivity contribution in [2.24, 2.45) is 0 Å². The maximum absolute atomic E-state index is 12.9. The number of nitrogens with zero attached hydrogens (tertiary/aromatic N) is 2. The summed E-state index contributed by atoms with van der Waals surface area (Å²) in [6, 6.07) is 14.4. The van der Waals surface area contributed by atoms with Gasteiger partial charge in [0, 0.05) is 30.5 Å². The lowest BCUT2D eigenvalue weighted by atomic mass is 10.1. The summed E-state index contributed by atoms with van der Waals surface area (Å²) in [4.78, 5) is 19.4. The number of phenols is 1. The molecular weight excluding hydrogens is 386 g/mol. The number of aliphatic hydroxyl groups excluding tert-OH is 1. The molecule has 2 heterocycles. The average Bonchev–Trinajstić information content (AvgIpc) is 3.34. The van der Waals surface area contributed by atoms with Crippen molar-refractivity contribution in [3.8, 4) is 17.0 Å². The first-order chi connectivity index (χ1) is 14.0. The number of carbonyl (C=O) groups excluding carboxylic acids is 1. The number of aryl methyl sites for hydroxylation is 1. The smallest absolute Gasteiger partial charge is 0.243 e. The van der Waals surface area contributed by atoms with Crippen molar-refractivity contribution in [2.45, 2.75) is 32.0 Å². The first-order valence-electron chi connectivity index (χ1n) is 9.53. The number of anilines is 1. The van der Waals surface area contributed by atoms with Gasteiger partial charge in [0.25, 0.3) is 0 Å². The van der Waals surface area contributed by atoms with Gasteiger partial charge in [-0.2, -0.15) is 0 Å². The monoisotopic (exact) mass is 409 g/mol. The van der Waals surface area contributed by atoms with Gasteiger partial charge in [0.15, 0.2) is 5.13 Å². The van der Waals surface area contributed by atoms with Gasteiger partial charge in [-0.15, -0.1) is 11.3 Å². The highest BCUT2D eigenvalue weighted by Gasteiger charge is 2.37. The Hall–Kier alpha value is -2.90. The predicted molar refractivity (Wildman–Crippen MR) is 114 cm³/mol. The van der Waals surface area contributed by atoms with Crippen LogP contribution in [0.2, 0.25) is 0 Å². The molecule has 1 saturated heterocycles. The molecular formula is C22H23N3O3S. The zero-order chi connectivity index (χ0) is 20.4. The summed E-state index contributed by atoms with van der Waals surface area (Å²) in [6.07, 6.45) is -0.182. The first-order valence-corrected chi connectivity index (χ1v) is 10.4. The molecule has 0 spiro atoms. The van der Waals surface area contributed by atoms with Gasteiger partial charge < -0.3 is 20.4 Å². The SMILES string of the molecule is Cc1ccccc1CNC(=O)[C@@H]1CC(O)CN1c1nc(-c2ccc(O)cc2)cs1. The van der Waals surface area contributed by atoms with E-state index in [1.807, 2.05) is 41.5 Å². The van der Waals surface area contributed by atoms with E-state index < -0.39 is 12.1 Å². The van der Waals surface area contributed by atoms with E-state index in [2.05, 4.69) is 10.3 Å². The maximum atomic E-state index is 12.9. The molecule has 4 rings (SSSR count). The minimum atomic E-state index is -0.565. The fourth-order valence-corrected chi connectivity index (χ4v) is 4.44. The Morgan fingerprint density at radius 2 is 2.00 bits per heavy atom. The maximum Gasteiger partial charge on any atom is 0.243 e. The summed E-state index contributed by atoms with van der Waals surface area (Å²) in [7, 11) is 0. The van der Waals surface area contributed by atoms with Crippen molar-refractivity contribution in [2.75, 3.05) is 11.4 Å². The van der Waals surface area contributed by atoms with E-state index in [9.17, 15) is 15.0 Å². The highest BCUT2D eigenvalue weighted by Crippen LogP contribution is 2.32. The highest BCUT2D eigenvalue weighted by atomic mass is 32.1. The Balaban J connectivity index is 1.48. The Bertz CT molecular complexity index is 1000. The molecule has 1 fully saturated rings. The normalized spacial score (nSPS) is 18.8. The average molecular weight is 410 g/mol. The minimum Gasteiger partial charge on any atom is -0.508 e. The second-order valence-corrected chi connectivity index (χ2v) is 8.10. The number of hydrogen-bond donors (Lipinski definition) is 3. The molecule has 1 aliphatic heterocycles. The van der Waals surface area contributed by atoms with Gasteiger partial charge in [-0.05, 0) is 42.3 Å². The van der Waals surface area contributed by atoms with Gasteiger partial charge in [0.05, 0.1) is 11.8 Å². The van der Waals surface area contributed by atoms with Gasteiger partial charge in [-0.25, -0.2) is 4.98 Å². The van der Waals surface area contributed by atoms with Crippen molar-refractivity contribution in [3.05, 3.63) is 65.0 Å². The van der Waals surface area contributed by atoms with E-state index in [-0.39, 0.29) is 11.7 Å². The Morgan fingerprint density at radius 3 is 2.76 bits per heavy atom. The van der Waals surface area contributed by atoms with Crippen LogP contribution < -0.4 is 10.2 Å². The van der Waals surface area contributed by atoms with Gasteiger partial charge in [-0.1, -0.05) is 24.3 Å². The zero-order valence-corrected chi connectivity index (χ0v) is 16.9. The molecule has 0 saturated carbocycles. The lowest BCUT2D eigenvalue weighted by molar-refractivity contribution is -0.122. The van der Waals surface area contributed by atoms with E-state index in [0.29, 0.717) is 24.6 Å². The Kier molecular flexibility index (Phi) is 5.51. The summed E-state index contributed by atoms with van der Waals surface area (Å²) in [5.74, 6) is 0.100. The molecule has 1 aliphatic rings. The second kappa shape index (κ2) is 8.23. The molecule has 1 aromatic heterocycles. The number of thiazole rings is 1. The zero-order valence-electron chi connectivity index (χ0n) is 16.1.